The summed E-state index contributed by atoms with van der Waals surface area (Å²) in [5, 5.41) is 3.28. The summed E-state index contributed by atoms with van der Waals surface area (Å²) in [5.74, 6) is 1.22. The predicted octanol–water partition coefficient (Wildman–Crippen LogP) is 2.25. The molecule has 1 aliphatic heterocycles. The van der Waals surface area contributed by atoms with Gasteiger partial charge in [0.05, 0.1) is 12.5 Å². The fourth-order valence-corrected chi connectivity index (χ4v) is 2.49. The zero-order valence-electron chi connectivity index (χ0n) is 12.8. The first-order valence-corrected chi connectivity index (χ1v) is 7.32. The molecule has 1 aromatic carbocycles. The van der Waals surface area contributed by atoms with Crippen LogP contribution >= 0.6 is 12.4 Å². The Morgan fingerprint density at radius 3 is 2.95 bits per heavy atom. The molecule has 1 heterocycles. The van der Waals surface area contributed by atoms with Gasteiger partial charge in [0.25, 0.3) is 0 Å². The van der Waals surface area contributed by atoms with Crippen molar-refractivity contribution in [3.05, 3.63) is 29.8 Å². The highest BCUT2D eigenvalue weighted by Gasteiger charge is 2.23. The normalized spacial score (nSPS) is 17.7. The van der Waals surface area contributed by atoms with Gasteiger partial charge in [0.1, 0.15) is 12.4 Å². The molecule has 0 spiro atoms. The van der Waals surface area contributed by atoms with Crippen molar-refractivity contribution in [3.8, 4) is 5.75 Å². The van der Waals surface area contributed by atoms with Crippen LogP contribution in [0.2, 0.25) is 0 Å². The summed E-state index contributed by atoms with van der Waals surface area (Å²) in [7, 11) is 1.86. The standard InChI is InChI=1S/C16H24N2O2.ClH/c1-13-5-3-7-15(11-13)20-10-9-18(2)16(19)14-6-4-8-17-12-14;/h3,5,7,11,14,17H,4,6,8-10,12H2,1-2H3;1H. The van der Waals surface area contributed by atoms with Crippen LogP contribution in [-0.2, 0) is 4.79 Å². The molecule has 1 saturated heterocycles. The third-order valence-electron chi connectivity index (χ3n) is 3.71. The van der Waals surface area contributed by atoms with E-state index in [0.29, 0.717) is 13.2 Å². The van der Waals surface area contributed by atoms with Gasteiger partial charge in [-0.3, -0.25) is 4.79 Å². The highest BCUT2D eigenvalue weighted by molar-refractivity contribution is 5.85. The molecule has 1 atom stereocenters. The molecule has 0 radical (unpaired) electrons. The van der Waals surface area contributed by atoms with E-state index in [9.17, 15) is 4.79 Å². The summed E-state index contributed by atoms with van der Waals surface area (Å²) in [5.41, 5.74) is 1.18. The summed E-state index contributed by atoms with van der Waals surface area (Å²) in [6, 6.07) is 7.97. The van der Waals surface area contributed by atoms with Crippen LogP contribution in [0.5, 0.6) is 5.75 Å². The van der Waals surface area contributed by atoms with Crippen molar-refractivity contribution in [2.45, 2.75) is 19.8 Å². The van der Waals surface area contributed by atoms with Crippen molar-refractivity contribution in [1.29, 1.82) is 0 Å². The molecule has 2 rings (SSSR count). The third kappa shape index (κ3) is 5.56. The highest BCUT2D eigenvalue weighted by Crippen LogP contribution is 2.14. The third-order valence-corrected chi connectivity index (χ3v) is 3.71. The lowest BCUT2D eigenvalue weighted by Crippen LogP contribution is -2.42. The Morgan fingerprint density at radius 1 is 1.48 bits per heavy atom. The number of hydrogen-bond donors (Lipinski definition) is 1. The zero-order valence-corrected chi connectivity index (χ0v) is 13.6. The number of halogens is 1. The Bertz CT molecular complexity index is 448. The molecule has 0 aromatic heterocycles. The van der Waals surface area contributed by atoms with Crippen molar-refractivity contribution in [2.24, 2.45) is 5.92 Å². The molecule has 1 N–H and O–H groups in total. The predicted molar refractivity (Wildman–Crippen MR) is 87.2 cm³/mol. The van der Waals surface area contributed by atoms with E-state index in [1.807, 2.05) is 38.2 Å². The first-order valence-electron chi connectivity index (χ1n) is 7.32. The van der Waals surface area contributed by atoms with Crippen molar-refractivity contribution < 1.29 is 9.53 Å². The number of carbonyl (C=O) groups is 1. The number of carbonyl (C=O) groups excluding carboxylic acids is 1. The number of likely N-dealkylation sites (N-methyl/N-ethyl adjacent to an activating group) is 1. The van der Waals surface area contributed by atoms with Gasteiger partial charge in [-0.2, -0.15) is 0 Å². The van der Waals surface area contributed by atoms with Gasteiger partial charge in [-0.15, -0.1) is 12.4 Å². The smallest absolute Gasteiger partial charge is 0.226 e. The first kappa shape index (κ1) is 17.8. The quantitative estimate of drug-likeness (QED) is 0.907. The van der Waals surface area contributed by atoms with Gasteiger partial charge in [0.2, 0.25) is 5.91 Å². The number of rotatable bonds is 5. The fourth-order valence-electron chi connectivity index (χ4n) is 2.49. The molecule has 1 aliphatic rings. The van der Waals surface area contributed by atoms with Gasteiger partial charge in [-0.05, 0) is 44.0 Å². The number of hydrogen-bond acceptors (Lipinski definition) is 3. The second-order valence-electron chi connectivity index (χ2n) is 5.47. The SMILES string of the molecule is Cc1cccc(OCCN(C)C(=O)C2CCCNC2)c1.Cl. The molecule has 4 nitrogen and oxygen atoms in total. The highest BCUT2D eigenvalue weighted by atomic mass is 35.5. The van der Waals surface area contributed by atoms with E-state index in [1.54, 1.807) is 4.90 Å². The van der Waals surface area contributed by atoms with Gasteiger partial charge in [0.15, 0.2) is 0 Å². The molecule has 5 heteroatoms. The minimum Gasteiger partial charge on any atom is -0.492 e. The Morgan fingerprint density at radius 2 is 2.29 bits per heavy atom. The Hall–Kier alpha value is -1.26. The lowest BCUT2D eigenvalue weighted by molar-refractivity contribution is -0.135. The van der Waals surface area contributed by atoms with E-state index < -0.39 is 0 Å². The maximum atomic E-state index is 12.2. The molecule has 0 bridgehead atoms. The van der Waals surface area contributed by atoms with Gasteiger partial charge in [0, 0.05) is 13.6 Å². The summed E-state index contributed by atoms with van der Waals surface area (Å²) >= 11 is 0. The fraction of sp³-hybridized carbons (Fsp3) is 0.562. The largest absolute Gasteiger partial charge is 0.492 e. The Balaban J connectivity index is 0.00000220. The maximum Gasteiger partial charge on any atom is 0.226 e. The van der Waals surface area contributed by atoms with Crippen molar-refractivity contribution in [2.75, 3.05) is 33.3 Å². The number of nitrogens with one attached hydrogen (secondary N) is 1. The maximum absolute atomic E-state index is 12.2. The van der Waals surface area contributed by atoms with E-state index in [2.05, 4.69) is 5.32 Å². The van der Waals surface area contributed by atoms with Gasteiger partial charge in [-0.25, -0.2) is 0 Å². The summed E-state index contributed by atoms with van der Waals surface area (Å²) in [4.78, 5) is 14.0. The lowest BCUT2D eigenvalue weighted by atomic mass is 9.98. The monoisotopic (exact) mass is 312 g/mol. The number of ether oxygens (including phenoxy) is 1. The van der Waals surface area contributed by atoms with Crippen LogP contribution < -0.4 is 10.1 Å². The number of aryl methyl sites for hydroxylation is 1. The van der Waals surface area contributed by atoms with Crippen LogP contribution in [0, 0.1) is 12.8 Å². The minimum atomic E-state index is 0. The van der Waals surface area contributed by atoms with E-state index in [1.165, 1.54) is 5.56 Å². The van der Waals surface area contributed by atoms with E-state index in [-0.39, 0.29) is 24.2 Å². The average molecular weight is 313 g/mol. The van der Waals surface area contributed by atoms with Crippen molar-refractivity contribution in [1.82, 2.24) is 10.2 Å². The molecule has 0 aliphatic carbocycles. The Kier molecular flexibility index (Phi) is 7.54. The van der Waals surface area contributed by atoms with Crippen LogP contribution in [0.15, 0.2) is 24.3 Å². The number of nitrogens with zero attached hydrogens (tertiary/aromatic N) is 1. The number of amides is 1. The molecule has 1 unspecified atom stereocenters. The molecule has 118 valence electrons. The van der Waals surface area contributed by atoms with Crippen molar-refractivity contribution in [3.63, 3.8) is 0 Å². The van der Waals surface area contributed by atoms with E-state index in [0.717, 1.165) is 31.7 Å². The molecular weight excluding hydrogens is 288 g/mol. The second-order valence-corrected chi connectivity index (χ2v) is 5.47. The van der Waals surface area contributed by atoms with Crippen LogP contribution in [0.25, 0.3) is 0 Å². The molecule has 21 heavy (non-hydrogen) atoms. The summed E-state index contributed by atoms with van der Waals surface area (Å²) < 4.78 is 5.69. The summed E-state index contributed by atoms with van der Waals surface area (Å²) in [6.07, 6.45) is 2.08. The molecular formula is C16H25ClN2O2. The van der Waals surface area contributed by atoms with E-state index >= 15 is 0 Å². The second kappa shape index (κ2) is 8.90. The first-order chi connectivity index (χ1) is 9.66. The average Bonchev–Trinajstić information content (AvgIpc) is 2.47. The lowest BCUT2D eigenvalue weighted by Gasteiger charge is -2.27. The van der Waals surface area contributed by atoms with Gasteiger partial charge in [-0.1, -0.05) is 12.1 Å². The molecule has 1 amide bonds. The summed E-state index contributed by atoms with van der Waals surface area (Å²) in [6.45, 7) is 5.04. The van der Waals surface area contributed by atoms with Crippen molar-refractivity contribution >= 4 is 18.3 Å². The zero-order chi connectivity index (χ0) is 14.4. The topological polar surface area (TPSA) is 41.6 Å². The van der Waals surface area contributed by atoms with Crippen LogP contribution in [0.1, 0.15) is 18.4 Å². The van der Waals surface area contributed by atoms with Gasteiger partial charge < -0.3 is 15.0 Å². The molecule has 0 saturated carbocycles. The minimum absolute atomic E-state index is 0. The van der Waals surface area contributed by atoms with Gasteiger partial charge >= 0.3 is 0 Å². The number of piperidine rings is 1. The molecule has 1 aromatic rings. The van der Waals surface area contributed by atoms with E-state index in [4.69, 9.17) is 4.74 Å². The number of benzene rings is 1. The van der Waals surface area contributed by atoms with Crippen LogP contribution in [0.3, 0.4) is 0 Å². The van der Waals surface area contributed by atoms with Crippen LogP contribution in [0.4, 0.5) is 0 Å². The Labute approximate surface area is 133 Å². The molecule has 1 fully saturated rings. The van der Waals surface area contributed by atoms with Crippen LogP contribution in [-0.4, -0.2) is 44.1 Å².